The molecule has 126 valence electrons. The van der Waals surface area contributed by atoms with Crippen LogP contribution in [-0.2, 0) is 20.7 Å². The van der Waals surface area contributed by atoms with Crippen LogP contribution in [0.25, 0.3) is 0 Å². The predicted octanol–water partition coefficient (Wildman–Crippen LogP) is 2.58. The number of hydrogen-bond acceptors (Lipinski definition) is 3. The van der Waals surface area contributed by atoms with E-state index in [1.54, 1.807) is 19.1 Å². The average Bonchev–Trinajstić information content (AvgIpc) is 2.60. The third-order valence-corrected chi connectivity index (χ3v) is 3.57. The van der Waals surface area contributed by atoms with Crippen molar-refractivity contribution in [3.63, 3.8) is 0 Å². The lowest BCUT2D eigenvalue weighted by molar-refractivity contribution is -0.144. The first-order chi connectivity index (χ1) is 11.6. The molecular formula is C19H21NO4. The minimum absolute atomic E-state index is 0.218. The molecule has 0 aliphatic rings. The Morgan fingerprint density at radius 1 is 1.04 bits per heavy atom. The zero-order chi connectivity index (χ0) is 17.4. The summed E-state index contributed by atoms with van der Waals surface area (Å²) in [6.45, 7) is 2.14. The van der Waals surface area contributed by atoms with Crippen molar-refractivity contribution in [3.05, 3.63) is 71.8 Å². The van der Waals surface area contributed by atoms with Gasteiger partial charge in [0.15, 0.2) is 6.10 Å². The first-order valence-electron chi connectivity index (χ1n) is 7.85. The topological polar surface area (TPSA) is 75.6 Å². The molecule has 1 amide bonds. The standard InChI is InChI=1S/C19H21NO4/c1-2-24-17(15-11-7-4-8-12-15)18(21)20-16(19(22)23)13-14-9-5-3-6-10-14/h3-12,16-17H,2,13H2,1H3,(H,20,21)(H,22,23)/t16-,17?/m1/s1. The van der Waals surface area contributed by atoms with Crippen molar-refractivity contribution in [3.8, 4) is 0 Å². The number of hydrogen-bond donors (Lipinski definition) is 2. The van der Waals surface area contributed by atoms with E-state index in [1.807, 2.05) is 48.5 Å². The molecule has 0 fully saturated rings. The Hall–Kier alpha value is -2.66. The fraction of sp³-hybridized carbons (Fsp3) is 0.263. The molecule has 5 nitrogen and oxygen atoms in total. The average molecular weight is 327 g/mol. The Morgan fingerprint density at radius 3 is 2.17 bits per heavy atom. The Balaban J connectivity index is 2.12. The molecule has 0 saturated carbocycles. The van der Waals surface area contributed by atoms with Crippen LogP contribution in [0.3, 0.4) is 0 Å². The van der Waals surface area contributed by atoms with Gasteiger partial charge in [0.25, 0.3) is 5.91 Å². The maximum Gasteiger partial charge on any atom is 0.326 e. The predicted molar refractivity (Wildman–Crippen MR) is 90.5 cm³/mol. The zero-order valence-electron chi connectivity index (χ0n) is 13.5. The quantitative estimate of drug-likeness (QED) is 0.781. The SMILES string of the molecule is CCOC(C(=O)N[C@H](Cc1ccccc1)C(=O)O)c1ccccc1. The lowest BCUT2D eigenvalue weighted by atomic mass is 10.0. The molecule has 0 aliphatic heterocycles. The summed E-state index contributed by atoms with van der Waals surface area (Å²) >= 11 is 0. The van der Waals surface area contributed by atoms with E-state index in [0.717, 1.165) is 5.56 Å². The van der Waals surface area contributed by atoms with Gasteiger partial charge in [-0.05, 0) is 18.1 Å². The number of carbonyl (C=O) groups is 2. The molecule has 2 rings (SSSR count). The number of amides is 1. The van der Waals surface area contributed by atoms with Crippen molar-refractivity contribution in [1.82, 2.24) is 5.32 Å². The summed E-state index contributed by atoms with van der Waals surface area (Å²) in [4.78, 5) is 24.0. The van der Waals surface area contributed by atoms with Gasteiger partial charge in [0.05, 0.1) is 0 Å². The smallest absolute Gasteiger partial charge is 0.326 e. The van der Waals surface area contributed by atoms with Crippen molar-refractivity contribution in [2.24, 2.45) is 0 Å². The highest BCUT2D eigenvalue weighted by Crippen LogP contribution is 2.18. The van der Waals surface area contributed by atoms with Crippen molar-refractivity contribution in [2.75, 3.05) is 6.61 Å². The number of carboxylic acid groups (broad SMARTS) is 1. The lowest BCUT2D eigenvalue weighted by Crippen LogP contribution is -2.44. The molecular weight excluding hydrogens is 306 g/mol. The van der Waals surface area contributed by atoms with Crippen molar-refractivity contribution >= 4 is 11.9 Å². The first-order valence-corrected chi connectivity index (χ1v) is 7.85. The van der Waals surface area contributed by atoms with Crippen molar-refractivity contribution < 1.29 is 19.4 Å². The van der Waals surface area contributed by atoms with E-state index in [0.29, 0.717) is 12.2 Å². The summed E-state index contributed by atoms with van der Waals surface area (Å²) in [5.74, 6) is -1.53. The number of ether oxygens (including phenoxy) is 1. The summed E-state index contributed by atoms with van der Waals surface area (Å²) < 4.78 is 5.52. The van der Waals surface area contributed by atoms with Gasteiger partial charge >= 0.3 is 5.97 Å². The van der Waals surface area contributed by atoms with Crippen LogP contribution in [0.4, 0.5) is 0 Å². The van der Waals surface area contributed by atoms with Crippen molar-refractivity contribution in [2.45, 2.75) is 25.5 Å². The van der Waals surface area contributed by atoms with Gasteiger partial charge < -0.3 is 15.2 Å². The second kappa shape index (κ2) is 8.84. The van der Waals surface area contributed by atoms with E-state index in [2.05, 4.69) is 5.32 Å². The van der Waals surface area contributed by atoms with E-state index < -0.39 is 24.0 Å². The van der Waals surface area contributed by atoms with Gasteiger partial charge in [-0.1, -0.05) is 60.7 Å². The lowest BCUT2D eigenvalue weighted by Gasteiger charge is -2.20. The minimum Gasteiger partial charge on any atom is -0.480 e. The number of carbonyl (C=O) groups excluding carboxylic acids is 1. The second-order valence-corrected chi connectivity index (χ2v) is 5.34. The van der Waals surface area contributed by atoms with Crippen LogP contribution >= 0.6 is 0 Å². The molecule has 5 heteroatoms. The summed E-state index contributed by atoms with van der Waals surface area (Å²) in [5.41, 5.74) is 1.54. The number of rotatable bonds is 8. The van der Waals surface area contributed by atoms with Gasteiger partial charge in [-0.3, -0.25) is 4.79 Å². The van der Waals surface area contributed by atoms with E-state index in [-0.39, 0.29) is 6.42 Å². The molecule has 0 aliphatic carbocycles. The summed E-state index contributed by atoms with van der Waals surface area (Å²) in [7, 11) is 0. The Morgan fingerprint density at radius 2 is 1.62 bits per heavy atom. The van der Waals surface area contributed by atoms with Crippen LogP contribution in [0.15, 0.2) is 60.7 Å². The van der Waals surface area contributed by atoms with Gasteiger partial charge in [0.1, 0.15) is 6.04 Å². The summed E-state index contributed by atoms with van der Waals surface area (Å²) in [6.07, 6.45) is -0.607. The van der Waals surface area contributed by atoms with Crippen LogP contribution in [0, 0.1) is 0 Å². The third-order valence-electron chi connectivity index (χ3n) is 3.57. The maximum absolute atomic E-state index is 12.5. The summed E-state index contributed by atoms with van der Waals surface area (Å²) in [6, 6.07) is 17.2. The molecule has 0 aromatic heterocycles. The molecule has 24 heavy (non-hydrogen) atoms. The van der Waals surface area contributed by atoms with E-state index in [9.17, 15) is 14.7 Å². The van der Waals surface area contributed by atoms with Crippen LogP contribution in [0.5, 0.6) is 0 Å². The number of benzene rings is 2. The number of nitrogens with one attached hydrogen (secondary N) is 1. The van der Waals surface area contributed by atoms with Gasteiger partial charge in [-0.25, -0.2) is 4.79 Å². The Labute approximate surface area is 141 Å². The van der Waals surface area contributed by atoms with Gasteiger partial charge in [0.2, 0.25) is 0 Å². The van der Waals surface area contributed by atoms with E-state index >= 15 is 0 Å². The van der Waals surface area contributed by atoms with E-state index in [4.69, 9.17) is 4.74 Å². The molecule has 0 saturated heterocycles. The monoisotopic (exact) mass is 327 g/mol. The van der Waals surface area contributed by atoms with Gasteiger partial charge in [-0.15, -0.1) is 0 Å². The van der Waals surface area contributed by atoms with Crippen LogP contribution in [0.2, 0.25) is 0 Å². The highest BCUT2D eigenvalue weighted by atomic mass is 16.5. The third kappa shape index (κ3) is 4.93. The molecule has 1 unspecified atom stereocenters. The van der Waals surface area contributed by atoms with Crippen molar-refractivity contribution in [1.29, 1.82) is 0 Å². The molecule has 2 N–H and O–H groups in total. The minimum atomic E-state index is -1.07. The maximum atomic E-state index is 12.5. The molecule has 0 heterocycles. The molecule has 0 spiro atoms. The fourth-order valence-corrected chi connectivity index (χ4v) is 2.42. The largest absolute Gasteiger partial charge is 0.480 e. The molecule has 2 aromatic rings. The highest BCUT2D eigenvalue weighted by Gasteiger charge is 2.26. The molecule has 0 radical (unpaired) electrons. The normalized spacial score (nSPS) is 13.0. The van der Waals surface area contributed by atoms with Gasteiger partial charge in [-0.2, -0.15) is 0 Å². The molecule has 0 bridgehead atoms. The second-order valence-electron chi connectivity index (χ2n) is 5.34. The molecule has 2 atom stereocenters. The number of aliphatic carboxylic acids is 1. The van der Waals surface area contributed by atoms with E-state index in [1.165, 1.54) is 0 Å². The Kier molecular flexibility index (Phi) is 6.51. The van der Waals surface area contributed by atoms with Gasteiger partial charge in [0, 0.05) is 13.0 Å². The summed E-state index contributed by atoms with van der Waals surface area (Å²) in [5, 5.41) is 12.0. The fourth-order valence-electron chi connectivity index (χ4n) is 2.42. The Bertz CT molecular complexity index is 658. The van der Waals surface area contributed by atoms with Crippen LogP contribution in [-0.4, -0.2) is 29.6 Å². The highest BCUT2D eigenvalue weighted by molar-refractivity contribution is 5.87. The van der Waals surface area contributed by atoms with Crippen LogP contribution < -0.4 is 5.32 Å². The first kappa shape index (κ1) is 17.7. The zero-order valence-corrected chi connectivity index (χ0v) is 13.5. The van der Waals surface area contributed by atoms with Crippen LogP contribution in [0.1, 0.15) is 24.2 Å². The molecule has 2 aromatic carbocycles. The number of carboxylic acids is 1.